The van der Waals surface area contributed by atoms with Crippen LogP contribution in [0.15, 0.2) is 54.6 Å². The number of halogens is 1. The van der Waals surface area contributed by atoms with Gasteiger partial charge >= 0.3 is 0 Å². The van der Waals surface area contributed by atoms with Crippen molar-refractivity contribution in [3.05, 3.63) is 60.2 Å². The van der Waals surface area contributed by atoms with Gasteiger partial charge in [-0.15, -0.1) is 11.6 Å². The van der Waals surface area contributed by atoms with Crippen molar-refractivity contribution in [3.8, 4) is 0 Å². The van der Waals surface area contributed by atoms with Crippen LogP contribution in [0, 0.1) is 0 Å². The molecule has 1 unspecified atom stereocenters. The van der Waals surface area contributed by atoms with Crippen LogP contribution in [-0.4, -0.2) is 4.87 Å². The third-order valence-corrected chi connectivity index (χ3v) is 3.24. The maximum Gasteiger partial charge on any atom is 0.0666 e. The summed E-state index contributed by atoms with van der Waals surface area (Å²) in [5.41, 5.74) is 1.36. The highest BCUT2D eigenvalue weighted by molar-refractivity contribution is 6.25. The van der Waals surface area contributed by atoms with E-state index in [0.717, 1.165) is 19.3 Å². The summed E-state index contributed by atoms with van der Waals surface area (Å²) in [6.45, 7) is 0. The molecule has 0 amide bonds. The molecule has 1 aromatic carbocycles. The number of aryl methyl sites for hydroxylation is 1. The van der Waals surface area contributed by atoms with Crippen molar-refractivity contribution in [2.75, 3.05) is 0 Å². The van der Waals surface area contributed by atoms with Gasteiger partial charge in [-0.1, -0.05) is 54.6 Å². The van der Waals surface area contributed by atoms with Crippen LogP contribution < -0.4 is 0 Å². The molecule has 2 rings (SSSR count). The fourth-order valence-corrected chi connectivity index (χ4v) is 2.08. The van der Waals surface area contributed by atoms with E-state index >= 15 is 0 Å². The highest BCUT2D eigenvalue weighted by Crippen LogP contribution is 2.30. The Morgan fingerprint density at radius 3 is 2.60 bits per heavy atom. The Bertz CT molecular complexity index is 364. The molecule has 1 aliphatic rings. The summed E-state index contributed by atoms with van der Waals surface area (Å²) in [6, 6.07) is 10.5. The summed E-state index contributed by atoms with van der Waals surface area (Å²) >= 11 is 6.49. The van der Waals surface area contributed by atoms with Crippen LogP contribution in [0.2, 0.25) is 0 Å². The topological polar surface area (TPSA) is 0 Å². The van der Waals surface area contributed by atoms with E-state index in [4.69, 9.17) is 11.6 Å². The second-order valence-corrected chi connectivity index (χ2v) is 4.76. The summed E-state index contributed by atoms with van der Waals surface area (Å²) in [7, 11) is 0. The summed E-state index contributed by atoms with van der Waals surface area (Å²) in [6.07, 6.45) is 11.3. The Morgan fingerprint density at radius 1 is 1.13 bits per heavy atom. The predicted molar refractivity (Wildman–Crippen MR) is 66.2 cm³/mol. The zero-order chi connectivity index (χ0) is 10.6. The lowest BCUT2D eigenvalue weighted by Gasteiger charge is -2.23. The van der Waals surface area contributed by atoms with Crippen LogP contribution in [-0.2, 0) is 6.42 Å². The Balaban J connectivity index is 1.93. The average molecular weight is 219 g/mol. The normalized spacial score (nSPS) is 24.3. The highest BCUT2D eigenvalue weighted by atomic mass is 35.5. The van der Waals surface area contributed by atoms with Gasteiger partial charge in [-0.05, 0) is 24.8 Å². The van der Waals surface area contributed by atoms with Gasteiger partial charge in [-0.3, -0.25) is 0 Å². The first-order valence-corrected chi connectivity index (χ1v) is 5.74. The van der Waals surface area contributed by atoms with Crippen LogP contribution in [0.25, 0.3) is 0 Å². The number of alkyl halides is 1. The maximum absolute atomic E-state index is 6.49. The molecule has 1 atom stereocenters. The van der Waals surface area contributed by atoms with Gasteiger partial charge in [-0.25, -0.2) is 0 Å². The highest BCUT2D eigenvalue weighted by Gasteiger charge is 2.23. The first-order valence-electron chi connectivity index (χ1n) is 5.36. The van der Waals surface area contributed by atoms with E-state index < -0.39 is 0 Å². The molecular formula is C14H15Cl. The van der Waals surface area contributed by atoms with E-state index in [0.29, 0.717) is 0 Å². The Labute approximate surface area is 96.3 Å². The van der Waals surface area contributed by atoms with Crippen molar-refractivity contribution in [2.45, 2.75) is 24.1 Å². The van der Waals surface area contributed by atoms with Gasteiger partial charge < -0.3 is 0 Å². The fraction of sp³-hybridized carbons (Fsp3) is 0.286. The molecule has 15 heavy (non-hydrogen) atoms. The third kappa shape index (κ3) is 2.97. The van der Waals surface area contributed by atoms with Crippen molar-refractivity contribution in [2.24, 2.45) is 0 Å². The molecule has 0 bridgehead atoms. The van der Waals surface area contributed by atoms with Crippen molar-refractivity contribution in [3.63, 3.8) is 0 Å². The molecule has 0 aliphatic heterocycles. The minimum absolute atomic E-state index is 0.162. The van der Waals surface area contributed by atoms with E-state index in [1.165, 1.54) is 5.56 Å². The van der Waals surface area contributed by atoms with Crippen LogP contribution in [0.5, 0.6) is 0 Å². The second-order valence-electron chi connectivity index (χ2n) is 4.01. The van der Waals surface area contributed by atoms with Crippen LogP contribution in [0.4, 0.5) is 0 Å². The standard InChI is InChI=1S/C14H15Cl/c15-14(10-5-2-6-11-14)12-9-13-7-3-1-4-8-13/h1-8,10H,9,11-12H2. The molecule has 0 fully saturated rings. The number of rotatable bonds is 3. The molecule has 1 aliphatic carbocycles. The summed E-state index contributed by atoms with van der Waals surface area (Å²) < 4.78 is 0. The van der Waals surface area contributed by atoms with Crippen molar-refractivity contribution >= 4 is 11.6 Å². The molecule has 0 aromatic heterocycles. The van der Waals surface area contributed by atoms with Gasteiger partial charge in [0.05, 0.1) is 4.87 Å². The summed E-state index contributed by atoms with van der Waals surface area (Å²) in [5.74, 6) is 0. The lowest BCUT2D eigenvalue weighted by molar-refractivity contribution is 0.633. The Kier molecular flexibility index (Phi) is 3.27. The van der Waals surface area contributed by atoms with E-state index in [2.05, 4.69) is 42.5 Å². The molecule has 0 N–H and O–H groups in total. The van der Waals surface area contributed by atoms with Crippen LogP contribution >= 0.6 is 11.6 Å². The quantitative estimate of drug-likeness (QED) is 0.670. The monoisotopic (exact) mass is 218 g/mol. The number of hydrogen-bond donors (Lipinski definition) is 0. The van der Waals surface area contributed by atoms with Crippen LogP contribution in [0.3, 0.4) is 0 Å². The van der Waals surface area contributed by atoms with Gasteiger partial charge in [0, 0.05) is 0 Å². The Morgan fingerprint density at radius 2 is 1.93 bits per heavy atom. The smallest absolute Gasteiger partial charge is 0.0666 e. The van der Waals surface area contributed by atoms with Crippen molar-refractivity contribution in [1.82, 2.24) is 0 Å². The molecule has 1 heteroatoms. The predicted octanol–water partition coefficient (Wildman–Crippen LogP) is 4.11. The van der Waals surface area contributed by atoms with E-state index in [1.54, 1.807) is 0 Å². The molecule has 1 aromatic rings. The maximum atomic E-state index is 6.49. The average Bonchev–Trinajstić information content (AvgIpc) is 2.29. The molecule has 0 saturated heterocycles. The van der Waals surface area contributed by atoms with Gasteiger partial charge in [0.2, 0.25) is 0 Å². The van der Waals surface area contributed by atoms with Crippen molar-refractivity contribution < 1.29 is 0 Å². The van der Waals surface area contributed by atoms with Crippen LogP contribution in [0.1, 0.15) is 18.4 Å². The number of hydrogen-bond acceptors (Lipinski definition) is 0. The van der Waals surface area contributed by atoms with E-state index in [-0.39, 0.29) is 4.87 Å². The first kappa shape index (κ1) is 10.5. The fourth-order valence-electron chi connectivity index (χ4n) is 1.82. The summed E-state index contributed by atoms with van der Waals surface area (Å²) in [5, 5.41) is 0. The molecule has 0 spiro atoms. The minimum Gasteiger partial charge on any atom is -0.114 e. The van der Waals surface area contributed by atoms with Crippen molar-refractivity contribution in [1.29, 1.82) is 0 Å². The molecule has 78 valence electrons. The zero-order valence-electron chi connectivity index (χ0n) is 8.70. The molecule has 0 saturated carbocycles. The van der Waals surface area contributed by atoms with Gasteiger partial charge in [0.15, 0.2) is 0 Å². The number of benzene rings is 1. The summed E-state index contributed by atoms with van der Waals surface area (Å²) in [4.78, 5) is -0.162. The molecule has 0 nitrogen and oxygen atoms in total. The lowest BCUT2D eigenvalue weighted by Crippen LogP contribution is -2.19. The molecule has 0 radical (unpaired) electrons. The van der Waals surface area contributed by atoms with Gasteiger partial charge in [0.25, 0.3) is 0 Å². The first-order chi connectivity index (χ1) is 7.29. The third-order valence-electron chi connectivity index (χ3n) is 2.77. The van der Waals surface area contributed by atoms with E-state index in [1.807, 2.05) is 12.1 Å². The largest absolute Gasteiger partial charge is 0.114 e. The second kappa shape index (κ2) is 4.67. The van der Waals surface area contributed by atoms with Gasteiger partial charge in [0.1, 0.15) is 0 Å². The SMILES string of the molecule is ClC1(CCc2ccccc2)C=CC=CC1. The minimum atomic E-state index is -0.162. The Hall–Kier alpha value is -1.01. The zero-order valence-corrected chi connectivity index (χ0v) is 9.45. The molecular weight excluding hydrogens is 204 g/mol. The number of allylic oxidation sites excluding steroid dienone is 4. The molecule has 0 heterocycles. The lowest BCUT2D eigenvalue weighted by atomic mass is 9.92. The van der Waals surface area contributed by atoms with E-state index in [9.17, 15) is 0 Å². The van der Waals surface area contributed by atoms with Gasteiger partial charge in [-0.2, -0.15) is 0 Å².